The summed E-state index contributed by atoms with van der Waals surface area (Å²) in [5.41, 5.74) is 0.263. The van der Waals surface area contributed by atoms with E-state index in [0.29, 0.717) is 4.47 Å². The predicted octanol–water partition coefficient (Wildman–Crippen LogP) is 2.34. The van der Waals surface area contributed by atoms with Crippen LogP contribution in [0.15, 0.2) is 16.7 Å². The summed E-state index contributed by atoms with van der Waals surface area (Å²) in [7, 11) is 0. The molecule has 4 N–H and O–H groups in total. The summed E-state index contributed by atoms with van der Waals surface area (Å²) in [6.07, 6.45) is 0.968. The molecular weight excluding hydrogens is 360 g/mol. The molecule has 21 heavy (non-hydrogen) atoms. The SMILES string of the molecule is CC[C@H](C)NC(=O)c1cc(Br)cnc1NC(=S)NC(=O)O. The van der Waals surface area contributed by atoms with Crippen molar-refractivity contribution < 1.29 is 14.7 Å². The maximum absolute atomic E-state index is 12.2. The van der Waals surface area contributed by atoms with Gasteiger partial charge >= 0.3 is 6.09 Å². The first-order valence-corrected chi connectivity index (χ1v) is 7.31. The molecule has 0 aliphatic carbocycles. The molecule has 7 nitrogen and oxygen atoms in total. The van der Waals surface area contributed by atoms with Crippen LogP contribution in [0.3, 0.4) is 0 Å². The molecule has 0 aromatic carbocycles. The summed E-state index contributed by atoms with van der Waals surface area (Å²) in [5, 5.41) is 15.8. The Bertz CT molecular complexity index is 567. The lowest BCUT2D eigenvalue weighted by molar-refractivity contribution is 0.0939. The van der Waals surface area contributed by atoms with E-state index in [9.17, 15) is 9.59 Å². The molecule has 0 aliphatic heterocycles. The van der Waals surface area contributed by atoms with E-state index in [-0.39, 0.29) is 28.4 Å². The van der Waals surface area contributed by atoms with Crippen molar-refractivity contribution in [2.75, 3.05) is 5.32 Å². The van der Waals surface area contributed by atoms with E-state index in [4.69, 9.17) is 17.3 Å². The van der Waals surface area contributed by atoms with Crippen molar-refractivity contribution in [1.29, 1.82) is 0 Å². The average Bonchev–Trinajstić information content (AvgIpc) is 2.39. The van der Waals surface area contributed by atoms with Crippen LogP contribution in [0.4, 0.5) is 10.6 Å². The Morgan fingerprint density at radius 1 is 1.52 bits per heavy atom. The summed E-state index contributed by atoms with van der Waals surface area (Å²) < 4.78 is 0.625. The Hall–Kier alpha value is -1.74. The van der Waals surface area contributed by atoms with Crippen molar-refractivity contribution in [2.24, 2.45) is 0 Å². The van der Waals surface area contributed by atoms with Crippen molar-refractivity contribution in [1.82, 2.24) is 15.6 Å². The highest BCUT2D eigenvalue weighted by Crippen LogP contribution is 2.18. The van der Waals surface area contributed by atoms with Gasteiger partial charge in [-0.25, -0.2) is 9.78 Å². The Balaban J connectivity index is 2.96. The van der Waals surface area contributed by atoms with Crippen LogP contribution in [0.1, 0.15) is 30.6 Å². The topological polar surface area (TPSA) is 103 Å². The minimum absolute atomic E-state index is 0.00780. The first-order chi connectivity index (χ1) is 9.83. The van der Waals surface area contributed by atoms with Crippen molar-refractivity contribution >= 4 is 51.1 Å². The molecule has 2 amide bonds. The second-order valence-electron chi connectivity index (χ2n) is 4.22. The summed E-state index contributed by atoms with van der Waals surface area (Å²) in [6, 6.07) is 1.59. The first-order valence-electron chi connectivity index (χ1n) is 6.10. The highest BCUT2D eigenvalue weighted by atomic mass is 79.9. The van der Waals surface area contributed by atoms with Crippen LogP contribution in [0.5, 0.6) is 0 Å². The minimum Gasteiger partial charge on any atom is -0.465 e. The normalized spacial score (nSPS) is 11.4. The molecular formula is C12H15BrN4O3S. The monoisotopic (exact) mass is 374 g/mol. The number of thiocarbonyl (C=S) groups is 1. The Labute approximate surface area is 135 Å². The van der Waals surface area contributed by atoms with Crippen molar-refractivity contribution in [3.8, 4) is 0 Å². The lowest BCUT2D eigenvalue weighted by atomic mass is 10.2. The molecule has 0 aliphatic rings. The maximum atomic E-state index is 12.2. The minimum atomic E-state index is -1.30. The third-order valence-corrected chi connectivity index (χ3v) is 3.18. The number of carboxylic acid groups (broad SMARTS) is 1. The number of hydrogen-bond acceptors (Lipinski definition) is 4. The van der Waals surface area contributed by atoms with Gasteiger partial charge < -0.3 is 15.7 Å². The summed E-state index contributed by atoms with van der Waals surface area (Å²) >= 11 is 8.06. The van der Waals surface area contributed by atoms with Crippen molar-refractivity contribution in [3.63, 3.8) is 0 Å². The van der Waals surface area contributed by atoms with Crippen LogP contribution < -0.4 is 16.0 Å². The molecule has 1 heterocycles. The number of carbonyl (C=O) groups is 2. The fraction of sp³-hybridized carbons (Fsp3) is 0.333. The standard InChI is InChI=1S/C12H15BrN4O3S/c1-3-6(2)15-10(18)8-4-7(13)5-14-9(8)16-11(21)17-12(19)20/h4-6H,3H2,1-2H3,(H,15,18)(H,19,20)(H2,14,16,17,21)/t6-/m0/s1. The quantitative estimate of drug-likeness (QED) is 0.603. The molecule has 0 saturated heterocycles. The van der Waals surface area contributed by atoms with Crippen molar-refractivity contribution in [3.05, 3.63) is 22.3 Å². The third kappa shape index (κ3) is 5.64. The number of halogens is 1. The molecule has 1 atom stereocenters. The number of nitrogens with one attached hydrogen (secondary N) is 3. The second kappa shape index (κ2) is 7.89. The van der Waals surface area contributed by atoms with E-state index in [1.807, 2.05) is 19.2 Å². The first kappa shape index (κ1) is 17.3. The number of amides is 2. The number of hydrogen-bond donors (Lipinski definition) is 4. The summed E-state index contributed by atoms with van der Waals surface area (Å²) in [5.74, 6) is -0.142. The van der Waals surface area contributed by atoms with Gasteiger partial charge in [-0.2, -0.15) is 0 Å². The van der Waals surface area contributed by atoms with Gasteiger partial charge in [0.05, 0.1) is 5.56 Å². The zero-order valence-corrected chi connectivity index (χ0v) is 13.8. The summed E-state index contributed by atoms with van der Waals surface area (Å²) in [4.78, 5) is 26.8. The molecule has 1 aromatic rings. The fourth-order valence-corrected chi connectivity index (χ4v) is 1.87. The molecule has 1 rings (SSSR count). The Morgan fingerprint density at radius 3 is 2.76 bits per heavy atom. The number of carbonyl (C=O) groups excluding carboxylic acids is 1. The average molecular weight is 375 g/mol. The number of rotatable bonds is 4. The lowest BCUT2D eigenvalue weighted by Crippen LogP contribution is -2.35. The van der Waals surface area contributed by atoms with Gasteiger partial charge in [-0.15, -0.1) is 0 Å². The molecule has 0 bridgehead atoms. The number of pyridine rings is 1. The molecule has 0 spiro atoms. The molecule has 114 valence electrons. The highest BCUT2D eigenvalue weighted by molar-refractivity contribution is 9.10. The number of nitrogens with zero attached hydrogens (tertiary/aromatic N) is 1. The van der Waals surface area contributed by atoms with E-state index < -0.39 is 6.09 Å². The maximum Gasteiger partial charge on any atom is 0.410 e. The number of aromatic nitrogens is 1. The zero-order chi connectivity index (χ0) is 16.0. The number of anilines is 1. The summed E-state index contributed by atoms with van der Waals surface area (Å²) in [6.45, 7) is 3.84. The molecule has 1 aromatic heterocycles. The molecule has 0 radical (unpaired) electrons. The van der Waals surface area contributed by atoms with Crippen LogP contribution >= 0.6 is 28.1 Å². The zero-order valence-electron chi connectivity index (χ0n) is 11.4. The highest BCUT2D eigenvalue weighted by Gasteiger charge is 2.16. The largest absolute Gasteiger partial charge is 0.465 e. The lowest BCUT2D eigenvalue weighted by Gasteiger charge is -2.15. The smallest absolute Gasteiger partial charge is 0.410 e. The van der Waals surface area contributed by atoms with Crippen LogP contribution in [-0.2, 0) is 0 Å². The third-order valence-electron chi connectivity index (χ3n) is 2.54. The van der Waals surface area contributed by atoms with Gasteiger partial charge in [0, 0.05) is 16.7 Å². The van der Waals surface area contributed by atoms with Gasteiger partial charge in [-0.1, -0.05) is 6.92 Å². The van der Waals surface area contributed by atoms with Crippen molar-refractivity contribution in [2.45, 2.75) is 26.3 Å². The van der Waals surface area contributed by atoms with E-state index in [0.717, 1.165) is 6.42 Å². The van der Waals surface area contributed by atoms with Crippen LogP contribution in [0, 0.1) is 0 Å². The molecule has 0 unspecified atom stereocenters. The van der Waals surface area contributed by atoms with Gasteiger partial charge in [0.25, 0.3) is 5.91 Å². The van der Waals surface area contributed by atoms with Crippen LogP contribution in [0.2, 0.25) is 0 Å². The molecule has 9 heteroatoms. The second-order valence-corrected chi connectivity index (χ2v) is 5.54. The van der Waals surface area contributed by atoms with E-state index in [1.54, 1.807) is 6.07 Å². The fourth-order valence-electron chi connectivity index (χ4n) is 1.35. The van der Waals surface area contributed by atoms with E-state index >= 15 is 0 Å². The van der Waals surface area contributed by atoms with Gasteiger partial charge in [0.15, 0.2) is 5.11 Å². The predicted molar refractivity (Wildman–Crippen MR) is 86.5 cm³/mol. The van der Waals surface area contributed by atoms with Gasteiger partial charge in [-0.3, -0.25) is 10.1 Å². The Kier molecular flexibility index (Phi) is 6.50. The van der Waals surface area contributed by atoms with E-state index in [1.165, 1.54) is 6.20 Å². The Morgan fingerprint density at radius 2 is 2.19 bits per heavy atom. The molecule has 0 fully saturated rings. The van der Waals surface area contributed by atoms with Gasteiger partial charge in [0.1, 0.15) is 5.82 Å². The van der Waals surface area contributed by atoms with Crippen LogP contribution in [-0.4, -0.2) is 33.2 Å². The van der Waals surface area contributed by atoms with Crippen LogP contribution in [0.25, 0.3) is 0 Å². The van der Waals surface area contributed by atoms with Gasteiger partial charge in [-0.05, 0) is 47.6 Å². The van der Waals surface area contributed by atoms with Gasteiger partial charge in [0.2, 0.25) is 0 Å². The molecule has 0 saturated carbocycles. The van der Waals surface area contributed by atoms with E-state index in [2.05, 4.69) is 31.5 Å².